The molecule has 0 bridgehead atoms. The average molecular weight is 280 g/mol. The summed E-state index contributed by atoms with van der Waals surface area (Å²) in [6, 6.07) is 9.68. The van der Waals surface area contributed by atoms with E-state index in [2.05, 4.69) is 0 Å². The normalized spacial score (nSPS) is 10.2. The van der Waals surface area contributed by atoms with Crippen molar-refractivity contribution in [2.45, 2.75) is 12.8 Å². The summed E-state index contributed by atoms with van der Waals surface area (Å²) >= 11 is 4.85. The number of benzene rings is 1. The Kier molecular flexibility index (Phi) is 7.07. The highest BCUT2D eigenvalue weighted by molar-refractivity contribution is 7.80. The van der Waals surface area contributed by atoms with Gasteiger partial charge in [0.15, 0.2) is 0 Å². The SMILES string of the molecule is COCCN(CCC(N)=S)C(=O)Cc1ccccc1. The van der Waals surface area contributed by atoms with Gasteiger partial charge in [-0.15, -0.1) is 0 Å². The van der Waals surface area contributed by atoms with Gasteiger partial charge in [-0.3, -0.25) is 4.79 Å². The summed E-state index contributed by atoms with van der Waals surface area (Å²) in [4.78, 5) is 14.4. The van der Waals surface area contributed by atoms with E-state index in [4.69, 9.17) is 22.7 Å². The molecule has 2 N–H and O–H groups in total. The Morgan fingerprint density at radius 3 is 2.58 bits per heavy atom. The lowest BCUT2D eigenvalue weighted by molar-refractivity contribution is -0.131. The van der Waals surface area contributed by atoms with Gasteiger partial charge in [-0.1, -0.05) is 42.5 Å². The standard InChI is InChI=1S/C14H20N2O2S/c1-18-10-9-16(8-7-13(15)19)14(17)11-12-5-3-2-4-6-12/h2-6H,7-11H2,1H3,(H2,15,19). The first-order valence-electron chi connectivity index (χ1n) is 6.22. The van der Waals surface area contributed by atoms with E-state index >= 15 is 0 Å². The molecule has 0 spiro atoms. The summed E-state index contributed by atoms with van der Waals surface area (Å²) in [5, 5.41) is 0. The van der Waals surface area contributed by atoms with Gasteiger partial charge in [0, 0.05) is 26.6 Å². The average Bonchev–Trinajstić information content (AvgIpc) is 2.39. The van der Waals surface area contributed by atoms with Crippen LogP contribution in [0.3, 0.4) is 0 Å². The molecule has 0 saturated heterocycles. The molecule has 1 amide bonds. The Morgan fingerprint density at radius 1 is 1.32 bits per heavy atom. The second-order valence-corrected chi connectivity index (χ2v) is 4.78. The van der Waals surface area contributed by atoms with Gasteiger partial charge in [0.2, 0.25) is 5.91 Å². The van der Waals surface area contributed by atoms with Gasteiger partial charge in [-0.25, -0.2) is 0 Å². The Hall–Kier alpha value is -1.46. The molecule has 0 aliphatic rings. The molecule has 1 aromatic rings. The highest BCUT2D eigenvalue weighted by Crippen LogP contribution is 2.04. The van der Waals surface area contributed by atoms with Crippen LogP contribution in [0.4, 0.5) is 0 Å². The van der Waals surface area contributed by atoms with Crippen molar-refractivity contribution in [1.82, 2.24) is 4.90 Å². The van der Waals surface area contributed by atoms with Crippen LogP contribution in [-0.2, 0) is 16.0 Å². The minimum Gasteiger partial charge on any atom is -0.393 e. The molecule has 5 heteroatoms. The quantitative estimate of drug-likeness (QED) is 0.731. The number of nitrogens with two attached hydrogens (primary N) is 1. The van der Waals surface area contributed by atoms with E-state index in [-0.39, 0.29) is 5.91 Å². The summed E-state index contributed by atoms with van der Waals surface area (Å²) in [6.07, 6.45) is 0.932. The fraction of sp³-hybridized carbons (Fsp3) is 0.429. The van der Waals surface area contributed by atoms with Crippen LogP contribution < -0.4 is 5.73 Å². The Bertz CT molecular complexity index is 409. The maximum absolute atomic E-state index is 12.2. The van der Waals surface area contributed by atoms with Crippen molar-refractivity contribution < 1.29 is 9.53 Å². The van der Waals surface area contributed by atoms with Crippen molar-refractivity contribution in [2.75, 3.05) is 26.8 Å². The summed E-state index contributed by atoms with van der Waals surface area (Å²) in [5.41, 5.74) is 6.49. The van der Waals surface area contributed by atoms with E-state index in [0.717, 1.165) is 5.56 Å². The first-order valence-corrected chi connectivity index (χ1v) is 6.63. The molecule has 1 rings (SSSR count). The van der Waals surface area contributed by atoms with Crippen LogP contribution in [-0.4, -0.2) is 42.6 Å². The van der Waals surface area contributed by atoms with Gasteiger partial charge in [-0.05, 0) is 5.56 Å². The van der Waals surface area contributed by atoms with E-state index < -0.39 is 0 Å². The number of methoxy groups -OCH3 is 1. The first kappa shape index (κ1) is 15.6. The van der Waals surface area contributed by atoms with Crippen molar-refractivity contribution >= 4 is 23.1 Å². The summed E-state index contributed by atoms with van der Waals surface area (Å²) in [5.74, 6) is 0.0690. The molecule has 0 radical (unpaired) electrons. The van der Waals surface area contributed by atoms with E-state index in [1.54, 1.807) is 12.0 Å². The predicted octanol–water partition coefficient (Wildman–Crippen LogP) is 1.38. The predicted molar refractivity (Wildman–Crippen MR) is 80.0 cm³/mol. The van der Waals surface area contributed by atoms with Crippen LogP contribution in [0.15, 0.2) is 30.3 Å². The zero-order valence-electron chi connectivity index (χ0n) is 11.2. The van der Waals surface area contributed by atoms with Crippen molar-refractivity contribution in [3.63, 3.8) is 0 Å². The van der Waals surface area contributed by atoms with Gasteiger partial charge < -0.3 is 15.4 Å². The fourth-order valence-corrected chi connectivity index (χ4v) is 1.78. The Morgan fingerprint density at radius 2 is 2.00 bits per heavy atom. The number of hydrogen-bond acceptors (Lipinski definition) is 3. The summed E-state index contributed by atoms with van der Waals surface area (Å²) in [7, 11) is 1.62. The third-order valence-electron chi connectivity index (χ3n) is 2.74. The molecule has 1 aromatic carbocycles. The molecule has 19 heavy (non-hydrogen) atoms. The maximum Gasteiger partial charge on any atom is 0.227 e. The number of nitrogens with zero attached hydrogens (tertiary/aromatic N) is 1. The molecule has 0 fully saturated rings. The lowest BCUT2D eigenvalue weighted by atomic mass is 10.1. The van der Waals surface area contributed by atoms with Crippen molar-refractivity contribution in [1.29, 1.82) is 0 Å². The zero-order valence-corrected chi connectivity index (χ0v) is 12.0. The smallest absolute Gasteiger partial charge is 0.227 e. The largest absolute Gasteiger partial charge is 0.393 e. The van der Waals surface area contributed by atoms with Crippen LogP contribution in [0.1, 0.15) is 12.0 Å². The number of hydrogen-bond donors (Lipinski definition) is 1. The molecule has 0 aliphatic heterocycles. The van der Waals surface area contributed by atoms with Crippen LogP contribution >= 0.6 is 12.2 Å². The minimum atomic E-state index is 0.0690. The molecule has 0 aromatic heterocycles. The number of carbonyl (C=O) groups excluding carboxylic acids is 1. The molecule has 0 unspecified atom stereocenters. The fourth-order valence-electron chi connectivity index (χ4n) is 1.69. The van der Waals surface area contributed by atoms with Crippen molar-refractivity contribution in [3.8, 4) is 0 Å². The van der Waals surface area contributed by atoms with Gasteiger partial charge in [0.1, 0.15) is 0 Å². The van der Waals surface area contributed by atoms with Crippen molar-refractivity contribution in [2.24, 2.45) is 5.73 Å². The molecular weight excluding hydrogens is 260 g/mol. The second-order valence-electron chi connectivity index (χ2n) is 4.25. The van der Waals surface area contributed by atoms with E-state index in [0.29, 0.717) is 37.5 Å². The van der Waals surface area contributed by atoms with Gasteiger partial charge in [-0.2, -0.15) is 0 Å². The Labute approximate surface area is 119 Å². The monoisotopic (exact) mass is 280 g/mol. The van der Waals surface area contributed by atoms with Crippen LogP contribution in [0, 0.1) is 0 Å². The third-order valence-corrected chi connectivity index (χ3v) is 2.95. The van der Waals surface area contributed by atoms with Crippen LogP contribution in [0.2, 0.25) is 0 Å². The molecule has 0 heterocycles. The second kappa shape index (κ2) is 8.61. The summed E-state index contributed by atoms with van der Waals surface area (Å²) in [6.45, 7) is 1.62. The van der Waals surface area contributed by atoms with Gasteiger partial charge >= 0.3 is 0 Å². The summed E-state index contributed by atoms with van der Waals surface area (Å²) < 4.78 is 5.02. The van der Waals surface area contributed by atoms with E-state index in [1.807, 2.05) is 30.3 Å². The highest BCUT2D eigenvalue weighted by atomic mass is 32.1. The van der Waals surface area contributed by atoms with E-state index in [1.165, 1.54) is 0 Å². The van der Waals surface area contributed by atoms with Crippen LogP contribution in [0.25, 0.3) is 0 Å². The van der Waals surface area contributed by atoms with Crippen molar-refractivity contribution in [3.05, 3.63) is 35.9 Å². The number of carbonyl (C=O) groups is 1. The number of thiocarbonyl (C=S) groups is 1. The topological polar surface area (TPSA) is 55.6 Å². The third kappa shape index (κ3) is 6.31. The molecule has 4 nitrogen and oxygen atoms in total. The molecule has 0 aliphatic carbocycles. The number of ether oxygens (including phenoxy) is 1. The van der Waals surface area contributed by atoms with Gasteiger partial charge in [0.05, 0.1) is 18.0 Å². The molecular formula is C14H20N2O2S. The van der Waals surface area contributed by atoms with Gasteiger partial charge in [0.25, 0.3) is 0 Å². The molecule has 104 valence electrons. The van der Waals surface area contributed by atoms with E-state index in [9.17, 15) is 4.79 Å². The Balaban J connectivity index is 2.57. The number of amides is 1. The lowest BCUT2D eigenvalue weighted by Crippen LogP contribution is -2.37. The highest BCUT2D eigenvalue weighted by Gasteiger charge is 2.13. The van der Waals surface area contributed by atoms with Crippen LogP contribution in [0.5, 0.6) is 0 Å². The first-order chi connectivity index (χ1) is 9.13. The number of rotatable bonds is 8. The minimum absolute atomic E-state index is 0.0690. The zero-order chi connectivity index (χ0) is 14.1. The maximum atomic E-state index is 12.2. The molecule has 0 saturated carbocycles. The molecule has 0 atom stereocenters. The lowest BCUT2D eigenvalue weighted by Gasteiger charge is -2.22.